The van der Waals surface area contributed by atoms with Gasteiger partial charge in [-0.05, 0) is 35.9 Å². The van der Waals surface area contributed by atoms with Crippen LogP contribution < -0.4 is 5.73 Å². The van der Waals surface area contributed by atoms with E-state index in [2.05, 4.69) is 4.90 Å². The molecular weight excluding hydrogens is 316 g/mol. The molecule has 1 heterocycles. The van der Waals surface area contributed by atoms with E-state index in [1.165, 1.54) is 0 Å². The molecule has 0 saturated heterocycles. The lowest BCUT2D eigenvalue weighted by Gasteiger charge is -2.22. The van der Waals surface area contributed by atoms with Crippen molar-refractivity contribution in [2.24, 2.45) is 5.73 Å². The van der Waals surface area contributed by atoms with Gasteiger partial charge >= 0.3 is 0 Å². The molecule has 25 heavy (non-hydrogen) atoms. The van der Waals surface area contributed by atoms with Crippen molar-refractivity contribution in [2.45, 2.75) is 19.6 Å². The van der Waals surface area contributed by atoms with Gasteiger partial charge in [0, 0.05) is 24.2 Å². The predicted octanol–water partition coefficient (Wildman–Crippen LogP) is 3.29. The van der Waals surface area contributed by atoms with E-state index in [0.717, 1.165) is 16.9 Å². The van der Waals surface area contributed by atoms with E-state index >= 15 is 0 Å². The molecule has 0 aliphatic carbocycles. The summed E-state index contributed by atoms with van der Waals surface area (Å²) in [6.45, 7) is 1.73. The molecule has 1 amide bonds. The lowest BCUT2D eigenvalue weighted by Crippen LogP contribution is -2.22. The van der Waals surface area contributed by atoms with Crippen LogP contribution in [0, 0.1) is 0 Å². The molecule has 0 spiro atoms. The Morgan fingerprint density at radius 1 is 1.00 bits per heavy atom. The second-order valence-electron chi connectivity index (χ2n) is 5.92. The number of benzene rings is 2. The van der Waals surface area contributed by atoms with Crippen LogP contribution in [0.3, 0.4) is 0 Å². The minimum atomic E-state index is -0.444. The minimum Gasteiger partial charge on any atom is -0.508 e. The van der Waals surface area contributed by atoms with E-state index < -0.39 is 5.91 Å². The van der Waals surface area contributed by atoms with Crippen LogP contribution in [-0.2, 0) is 19.6 Å². The summed E-state index contributed by atoms with van der Waals surface area (Å²) in [4.78, 5) is 13.5. The molecule has 0 unspecified atom stereocenters. The monoisotopic (exact) mass is 336 g/mol. The number of carbonyl (C=O) groups is 1. The number of amides is 1. The number of furan rings is 1. The Kier molecular flexibility index (Phi) is 5.16. The Bertz CT molecular complexity index is 844. The first kappa shape index (κ1) is 16.8. The maximum Gasteiger partial charge on any atom is 0.248 e. The molecule has 0 fully saturated rings. The minimum absolute atomic E-state index is 0.262. The van der Waals surface area contributed by atoms with Crippen LogP contribution in [-0.4, -0.2) is 15.9 Å². The van der Waals surface area contributed by atoms with Crippen LogP contribution in [0.1, 0.15) is 27.2 Å². The van der Waals surface area contributed by atoms with E-state index in [9.17, 15) is 9.90 Å². The van der Waals surface area contributed by atoms with Gasteiger partial charge in [-0.3, -0.25) is 9.69 Å². The highest BCUT2D eigenvalue weighted by Gasteiger charge is 2.13. The summed E-state index contributed by atoms with van der Waals surface area (Å²) in [6.07, 6.45) is 1.64. The van der Waals surface area contributed by atoms with Crippen molar-refractivity contribution in [1.82, 2.24) is 4.90 Å². The smallest absolute Gasteiger partial charge is 0.248 e. The Balaban J connectivity index is 1.82. The zero-order valence-electron chi connectivity index (χ0n) is 13.8. The van der Waals surface area contributed by atoms with Crippen molar-refractivity contribution in [3.8, 4) is 5.75 Å². The number of hydrogen-bond acceptors (Lipinski definition) is 4. The predicted molar refractivity (Wildman–Crippen MR) is 94.7 cm³/mol. The Morgan fingerprint density at radius 3 is 2.56 bits per heavy atom. The number of carbonyl (C=O) groups excluding carboxylic acids is 1. The highest BCUT2D eigenvalue weighted by atomic mass is 16.3. The molecule has 5 nitrogen and oxygen atoms in total. The highest BCUT2D eigenvalue weighted by Crippen LogP contribution is 2.21. The summed E-state index contributed by atoms with van der Waals surface area (Å²) in [5.74, 6) is 0.652. The lowest BCUT2D eigenvalue weighted by atomic mass is 10.1. The summed E-state index contributed by atoms with van der Waals surface area (Å²) in [6, 6.07) is 18.3. The molecule has 0 bridgehead atoms. The van der Waals surface area contributed by atoms with Gasteiger partial charge in [-0.15, -0.1) is 0 Å². The fourth-order valence-corrected chi connectivity index (χ4v) is 2.76. The summed E-state index contributed by atoms with van der Waals surface area (Å²) >= 11 is 0. The first-order valence-electron chi connectivity index (χ1n) is 8.02. The number of rotatable bonds is 7. The van der Waals surface area contributed by atoms with Crippen LogP contribution in [0.4, 0.5) is 0 Å². The van der Waals surface area contributed by atoms with E-state index in [1.807, 2.05) is 36.4 Å². The first-order valence-corrected chi connectivity index (χ1v) is 8.02. The molecule has 0 aliphatic heterocycles. The summed E-state index contributed by atoms with van der Waals surface area (Å²) in [7, 11) is 0. The highest BCUT2D eigenvalue weighted by molar-refractivity contribution is 5.92. The van der Waals surface area contributed by atoms with Gasteiger partial charge in [-0.2, -0.15) is 0 Å². The normalized spacial score (nSPS) is 10.9. The maximum atomic E-state index is 11.4. The molecule has 1 aromatic heterocycles. The molecule has 0 saturated carbocycles. The van der Waals surface area contributed by atoms with Crippen molar-refractivity contribution < 1.29 is 14.3 Å². The zero-order valence-corrected chi connectivity index (χ0v) is 13.8. The Hall–Kier alpha value is -3.05. The standard InChI is InChI=1S/C20H20N2O3/c21-20(24)16-7-3-5-15(11-16)12-22(14-18-8-4-10-25-18)13-17-6-1-2-9-19(17)23/h1-11,23H,12-14H2,(H2,21,24). The van der Waals surface area contributed by atoms with Crippen molar-refractivity contribution in [3.05, 3.63) is 89.4 Å². The molecule has 0 radical (unpaired) electrons. The van der Waals surface area contributed by atoms with E-state index in [0.29, 0.717) is 25.2 Å². The molecule has 3 N–H and O–H groups in total. The van der Waals surface area contributed by atoms with Gasteiger partial charge in [-0.1, -0.05) is 30.3 Å². The number of para-hydroxylation sites is 1. The van der Waals surface area contributed by atoms with Gasteiger partial charge in [-0.25, -0.2) is 0 Å². The Morgan fingerprint density at radius 2 is 1.84 bits per heavy atom. The van der Waals surface area contributed by atoms with Crippen LogP contribution in [0.15, 0.2) is 71.3 Å². The molecule has 0 atom stereocenters. The van der Waals surface area contributed by atoms with Gasteiger partial charge in [0.2, 0.25) is 5.91 Å². The van der Waals surface area contributed by atoms with Gasteiger partial charge in [0.25, 0.3) is 0 Å². The van der Waals surface area contributed by atoms with Crippen LogP contribution >= 0.6 is 0 Å². The molecule has 5 heteroatoms. The SMILES string of the molecule is NC(=O)c1cccc(CN(Cc2ccco2)Cc2ccccc2O)c1. The molecule has 3 rings (SSSR count). The van der Waals surface area contributed by atoms with Gasteiger partial charge in [0.05, 0.1) is 12.8 Å². The number of nitrogens with zero attached hydrogens (tertiary/aromatic N) is 1. The number of primary amides is 1. The molecular formula is C20H20N2O3. The van der Waals surface area contributed by atoms with E-state index in [-0.39, 0.29) is 5.75 Å². The number of aromatic hydroxyl groups is 1. The third kappa shape index (κ3) is 4.49. The molecule has 2 aromatic carbocycles. The lowest BCUT2D eigenvalue weighted by molar-refractivity contribution is 0.1000. The summed E-state index contributed by atoms with van der Waals surface area (Å²) in [5.41, 5.74) is 7.65. The van der Waals surface area contributed by atoms with Crippen molar-refractivity contribution in [3.63, 3.8) is 0 Å². The Labute approximate surface area is 146 Å². The topological polar surface area (TPSA) is 79.7 Å². The van der Waals surface area contributed by atoms with Crippen LogP contribution in [0.25, 0.3) is 0 Å². The van der Waals surface area contributed by atoms with Crippen LogP contribution in [0.5, 0.6) is 5.75 Å². The molecule has 128 valence electrons. The quantitative estimate of drug-likeness (QED) is 0.694. The number of phenolic OH excluding ortho intramolecular Hbond substituents is 1. The van der Waals surface area contributed by atoms with Crippen molar-refractivity contribution >= 4 is 5.91 Å². The maximum absolute atomic E-state index is 11.4. The number of nitrogens with two attached hydrogens (primary N) is 1. The molecule has 3 aromatic rings. The average Bonchev–Trinajstić information content (AvgIpc) is 3.10. The number of hydrogen-bond donors (Lipinski definition) is 2. The second-order valence-corrected chi connectivity index (χ2v) is 5.92. The third-order valence-electron chi connectivity index (χ3n) is 3.96. The summed E-state index contributed by atoms with van der Waals surface area (Å²) < 4.78 is 5.45. The average molecular weight is 336 g/mol. The summed E-state index contributed by atoms with van der Waals surface area (Å²) in [5, 5.41) is 10.1. The third-order valence-corrected chi connectivity index (χ3v) is 3.96. The zero-order chi connectivity index (χ0) is 17.6. The largest absolute Gasteiger partial charge is 0.508 e. The molecule has 0 aliphatic rings. The van der Waals surface area contributed by atoms with E-state index in [4.69, 9.17) is 10.2 Å². The van der Waals surface area contributed by atoms with Gasteiger partial charge in [0.1, 0.15) is 11.5 Å². The second kappa shape index (κ2) is 7.68. The fourth-order valence-electron chi connectivity index (χ4n) is 2.76. The fraction of sp³-hybridized carbons (Fsp3) is 0.150. The van der Waals surface area contributed by atoms with E-state index in [1.54, 1.807) is 30.5 Å². The first-order chi connectivity index (χ1) is 12.1. The van der Waals surface area contributed by atoms with Crippen molar-refractivity contribution in [2.75, 3.05) is 0 Å². The van der Waals surface area contributed by atoms with Gasteiger partial charge < -0.3 is 15.3 Å². The number of phenols is 1. The van der Waals surface area contributed by atoms with Crippen LogP contribution in [0.2, 0.25) is 0 Å². The van der Waals surface area contributed by atoms with Gasteiger partial charge in [0.15, 0.2) is 0 Å². The van der Waals surface area contributed by atoms with Crippen molar-refractivity contribution in [1.29, 1.82) is 0 Å².